The van der Waals surface area contributed by atoms with E-state index in [2.05, 4.69) is 5.48 Å². The number of halogens is 13. The van der Waals surface area contributed by atoms with Crippen LogP contribution >= 0.6 is 23.2 Å². The van der Waals surface area contributed by atoms with E-state index in [1.807, 2.05) is 0 Å². The molecule has 0 radical (unpaired) electrons. The molecule has 1 atom stereocenters. The Bertz CT molecular complexity index is 1210. The van der Waals surface area contributed by atoms with Gasteiger partial charge < -0.3 is 0 Å². The number of alkyl halides is 10. The molecule has 1 saturated heterocycles. The highest BCUT2D eigenvalue weighted by atomic mass is 35.5. The largest absolute Gasteiger partial charge is 0.428 e. The van der Waals surface area contributed by atoms with Crippen molar-refractivity contribution in [2.24, 2.45) is 0 Å². The molecule has 0 spiro atoms. The molecular formula is C22H13Cl2F11N2O. The molecular weight excluding hydrogens is 588 g/mol. The molecule has 2 heterocycles. The highest BCUT2D eigenvalue weighted by Crippen LogP contribution is 2.49. The molecule has 2 aromatic rings. The quantitative estimate of drug-likeness (QED) is 0.292. The molecule has 4 rings (SSSR count). The molecule has 16 heteroatoms. The predicted octanol–water partition coefficient (Wildman–Crippen LogP) is 7.44. The summed E-state index contributed by atoms with van der Waals surface area (Å²) >= 11 is 11.3. The molecule has 1 unspecified atom stereocenters. The van der Waals surface area contributed by atoms with Crippen LogP contribution in [0.2, 0.25) is 10.0 Å². The minimum absolute atomic E-state index is 0.00224. The molecule has 0 aromatic heterocycles. The van der Waals surface area contributed by atoms with Crippen molar-refractivity contribution < 1.29 is 53.1 Å². The molecule has 2 aliphatic rings. The first kappa shape index (κ1) is 28.7. The Morgan fingerprint density at radius 1 is 0.842 bits per heavy atom. The van der Waals surface area contributed by atoms with Crippen molar-refractivity contribution >= 4 is 28.9 Å². The molecule has 0 amide bonds. The van der Waals surface area contributed by atoms with Crippen LogP contribution in [-0.2, 0) is 16.1 Å². The number of hydroxylamine groups is 1. The summed E-state index contributed by atoms with van der Waals surface area (Å²) in [5.74, 6) is -1.15. The van der Waals surface area contributed by atoms with Gasteiger partial charge in [0.1, 0.15) is 0 Å². The zero-order valence-corrected chi connectivity index (χ0v) is 19.8. The van der Waals surface area contributed by atoms with Crippen LogP contribution in [0.1, 0.15) is 16.7 Å². The standard InChI is InChI=1S/C22H13Cl2F11N2O/c23-13-5-12(6-14(24)16(13)25)19(22(33,34)35)7-15(36-38-19)10-1-3-11(4-2-10)18(26)8-37(9-18)17(20(27,28)29)21(30,31)32/h1-7,17,36H,8-9H2. The van der Waals surface area contributed by atoms with Crippen LogP contribution in [0.4, 0.5) is 48.3 Å². The zero-order chi connectivity index (χ0) is 28.5. The van der Waals surface area contributed by atoms with Crippen LogP contribution in [0.3, 0.4) is 0 Å². The van der Waals surface area contributed by atoms with Crippen LogP contribution < -0.4 is 5.48 Å². The fourth-order valence-corrected chi connectivity index (χ4v) is 4.75. The summed E-state index contributed by atoms with van der Waals surface area (Å²) < 4.78 is 148. The third-order valence-electron chi connectivity index (χ3n) is 6.11. The lowest BCUT2D eigenvalue weighted by Gasteiger charge is -2.49. The molecule has 0 saturated carbocycles. The summed E-state index contributed by atoms with van der Waals surface area (Å²) in [6.07, 6.45) is -15.9. The lowest BCUT2D eigenvalue weighted by atomic mass is 9.85. The molecule has 2 aliphatic heterocycles. The van der Waals surface area contributed by atoms with E-state index in [0.29, 0.717) is 18.2 Å². The Kier molecular flexibility index (Phi) is 6.90. The maximum absolute atomic E-state index is 15.1. The number of benzene rings is 2. The van der Waals surface area contributed by atoms with Crippen molar-refractivity contribution in [3.63, 3.8) is 0 Å². The van der Waals surface area contributed by atoms with Crippen molar-refractivity contribution in [1.29, 1.82) is 0 Å². The summed E-state index contributed by atoms with van der Waals surface area (Å²) in [5, 5.41) is -1.40. The van der Waals surface area contributed by atoms with E-state index in [0.717, 1.165) is 24.3 Å². The number of likely N-dealkylation sites (tertiary alicyclic amines) is 1. The van der Waals surface area contributed by atoms with Gasteiger partial charge in [-0.15, -0.1) is 0 Å². The van der Waals surface area contributed by atoms with E-state index in [9.17, 15) is 43.9 Å². The van der Waals surface area contributed by atoms with Crippen molar-refractivity contribution in [1.82, 2.24) is 10.4 Å². The fourth-order valence-electron chi connectivity index (χ4n) is 4.27. The second-order valence-corrected chi connectivity index (χ2v) is 9.50. The molecule has 2 aromatic carbocycles. The molecule has 1 fully saturated rings. The smallest absolute Gasteiger partial charge is 0.277 e. The third-order valence-corrected chi connectivity index (χ3v) is 6.66. The van der Waals surface area contributed by atoms with Gasteiger partial charge >= 0.3 is 18.5 Å². The molecule has 0 bridgehead atoms. The number of hydrogen-bond acceptors (Lipinski definition) is 3. The number of rotatable bonds is 4. The Morgan fingerprint density at radius 3 is 1.79 bits per heavy atom. The monoisotopic (exact) mass is 600 g/mol. The van der Waals surface area contributed by atoms with Gasteiger partial charge in [0.05, 0.1) is 15.7 Å². The van der Waals surface area contributed by atoms with Crippen LogP contribution in [-0.4, -0.2) is 42.6 Å². The predicted molar refractivity (Wildman–Crippen MR) is 113 cm³/mol. The van der Waals surface area contributed by atoms with E-state index in [-0.39, 0.29) is 21.7 Å². The van der Waals surface area contributed by atoms with Crippen LogP contribution in [0.5, 0.6) is 0 Å². The number of nitrogens with zero attached hydrogens (tertiary/aromatic N) is 1. The minimum Gasteiger partial charge on any atom is -0.277 e. The highest BCUT2D eigenvalue weighted by Gasteiger charge is 2.65. The normalized spacial score (nSPS) is 22.3. The van der Waals surface area contributed by atoms with Crippen molar-refractivity contribution in [3.8, 4) is 0 Å². The van der Waals surface area contributed by atoms with Crippen molar-refractivity contribution in [2.75, 3.05) is 13.1 Å². The lowest BCUT2D eigenvalue weighted by molar-refractivity contribution is -0.306. The summed E-state index contributed by atoms with van der Waals surface area (Å²) in [4.78, 5) is 4.74. The third kappa shape index (κ3) is 4.91. The maximum Gasteiger partial charge on any atom is 0.428 e. The first-order valence-corrected chi connectivity index (χ1v) is 11.1. The first-order valence-electron chi connectivity index (χ1n) is 10.3. The SMILES string of the molecule is Fc1c(Cl)cc(C2(C(F)(F)F)C=C(c3ccc(C4(F)CN(C(C(F)(F)F)C(F)(F)F)C4)cc3)NO2)cc1Cl. The Balaban J connectivity index is 1.60. The fraction of sp³-hybridized carbons (Fsp3) is 0.364. The van der Waals surface area contributed by atoms with Crippen molar-refractivity contribution in [2.45, 2.75) is 35.8 Å². The number of nitrogens with one attached hydrogen (secondary N) is 1. The lowest BCUT2D eigenvalue weighted by Crippen LogP contribution is -2.67. The van der Waals surface area contributed by atoms with Gasteiger partial charge in [0.2, 0.25) is 11.6 Å². The molecule has 3 nitrogen and oxygen atoms in total. The minimum atomic E-state index is -5.67. The Hall–Kier alpha value is -2.29. The van der Waals surface area contributed by atoms with E-state index < -0.39 is 70.4 Å². The molecule has 1 N–H and O–H groups in total. The average Bonchev–Trinajstić information content (AvgIpc) is 3.21. The van der Waals surface area contributed by atoms with Crippen LogP contribution in [0, 0.1) is 5.82 Å². The van der Waals surface area contributed by atoms with Crippen molar-refractivity contribution in [3.05, 3.63) is 75.0 Å². The van der Waals surface area contributed by atoms with Gasteiger partial charge in [-0.3, -0.25) is 15.2 Å². The molecule has 208 valence electrons. The Morgan fingerprint density at radius 2 is 1.34 bits per heavy atom. The van der Waals surface area contributed by atoms with Gasteiger partial charge in [0, 0.05) is 18.7 Å². The Labute approximate surface area is 216 Å². The summed E-state index contributed by atoms with van der Waals surface area (Å²) in [5.41, 5.74) is -4.87. The number of hydrogen-bond donors (Lipinski definition) is 1. The molecule has 0 aliphatic carbocycles. The van der Waals surface area contributed by atoms with Gasteiger partial charge in [-0.25, -0.2) is 8.78 Å². The summed E-state index contributed by atoms with van der Waals surface area (Å²) in [7, 11) is 0. The van der Waals surface area contributed by atoms with Crippen LogP contribution in [0.25, 0.3) is 5.70 Å². The van der Waals surface area contributed by atoms with E-state index in [1.54, 1.807) is 0 Å². The second-order valence-electron chi connectivity index (χ2n) is 8.68. The zero-order valence-electron chi connectivity index (χ0n) is 18.3. The van der Waals surface area contributed by atoms with Crippen LogP contribution in [0.15, 0.2) is 42.5 Å². The maximum atomic E-state index is 15.1. The van der Waals surface area contributed by atoms with Gasteiger partial charge in [-0.2, -0.15) is 39.5 Å². The summed E-state index contributed by atoms with van der Waals surface area (Å²) in [6.45, 7) is -2.41. The van der Waals surface area contributed by atoms with Gasteiger partial charge in [0.25, 0.3) is 0 Å². The first-order chi connectivity index (χ1) is 17.3. The average molecular weight is 601 g/mol. The van der Waals surface area contributed by atoms with E-state index >= 15 is 4.39 Å². The van der Waals surface area contributed by atoms with Gasteiger partial charge in [-0.1, -0.05) is 47.5 Å². The van der Waals surface area contributed by atoms with E-state index in [4.69, 9.17) is 28.0 Å². The highest BCUT2D eigenvalue weighted by molar-refractivity contribution is 6.35. The summed E-state index contributed by atoms with van der Waals surface area (Å²) in [6, 6.07) is 1.74. The topological polar surface area (TPSA) is 24.5 Å². The molecule has 38 heavy (non-hydrogen) atoms. The van der Waals surface area contributed by atoms with Gasteiger partial charge in [0.15, 0.2) is 11.5 Å². The van der Waals surface area contributed by atoms with E-state index in [1.165, 1.54) is 0 Å². The van der Waals surface area contributed by atoms with Gasteiger partial charge in [-0.05, 0) is 29.3 Å². The second kappa shape index (κ2) is 9.14.